The molecule has 4 nitrogen and oxygen atoms in total. The Morgan fingerprint density at radius 3 is 2.88 bits per heavy atom. The van der Waals surface area contributed by atoms with E-state index in [-0.39, 0.29) is 18.1 Å². The first kappa shape index (κ1) is 12.4. The molecule has 0 spiro atoms. The zero-order chi connectivity index (χ0) is 12.5. The molecule has 0 saturated heterocycles. The first-order valence-electron chi connectivity index (χ1n) is 5.55. The number of hydrogen-bond acceptors (Lipinski definition) is 4. The van der Waals surface area contributed by atoms with Crippen LogP contribution in [0.15, 0.2) is 24.3 Å². The second kappa shape index (κ2) is 4.66. The quantitative estimate of drug-likeness (QED) is 0.871. The molecular weight excluding hydrogens is 240 g/mol. The van der Waals surface area contributed by atoms with Crippen molar-refractivity contribution in [2.45, 2.75) is 18.4 Å². The van der Waals surface area contributed by atoms with Crippen molar-refractivity contribution < 1.29 is 18.3 Å². The molecule has 2 rings (SSSR count). The maximum absolute atomic E-state index is 11.1. The standard InChI is InChI=1S/C12H16O4S/c1-17(14,15)7-6-11(13)10-8-16-12-5-3-2-4-9(10)12/h2-5,10-11,13H,6-8H2,1H3. The molecule has 1 aliphatic heterocycles. The maximum Gasteiger partial charge on any atom is 0.147 e. The van der Waals surface area contributed by atoms with Crippen molar-refractivity contribution in [3.8, 4) is 5.75 Å². The highest BCUT2D eigenvalue weighted by atomic mass is 32.2. The zero-order valence-corrected chi connectivity index (χ0v) is 10.5. The van der Waals surface area contributed by atoms with E-state index < -0.39 is 15.9 Å². The number of sulfone groups is 1. The van der Waals surface area contributed by atoms with E-state index in [0.29, 0.717) is 6.61 Å². The molecule has 94 valence electrons. The van der Waals surface area contributed by atoms with Crippen LogP contribution < -0.4 is 4.74 Å². The van der Waals surface area contributed by atoms with Gasteiger partial charge in [0.2, 0.25) is 0 Å². The molecule has 1 aromatic rings. The lowest BCUT2D eigenvalue weighted by Gasteiger charge is -2.16. The molecule has 0 fully saturated rings. The topological polar surface area (TPSA) is 63.6 Å². The average Bonchev–Trinajstić information content (AvgIpc) is 2.68. The Balaban J connectivity index is 2.05. The van der Waals surface area contributed by atoms with Gasteiger partial charge in [-0.3, -0.25) is 0 Å². The minimum Gasteiger partial charge on any atom is -0.493 e. The minimum absolute atomic E-state index is 0.00678. The zero-order valence-electron chi connectivity index (χ0n) is 9.67. The fourth-order valence-corrected chi connectivity index (χ4v) is 2.71. The van der Waals surface area contributed by atoms with Gasteiger partial charge < -0.3 is 9.84 Å². The van der Waals surface area contributed by atoms with Crippen molar-refractivity contribution in [3.63, 3.8) is 0 Å². The summed E-state index contributed by atoms with van der Waals surface area (Å²) in [5.74, 6) is 0.677. The lowest BCUT2D eigenvalue weighted by atomic mass is 9.94. The fraction of sp³-hybridized carbons (Fsp3) is 0.500. The van der Waals surface area contributed by atoms with Crippen molar-refractivity contribution in [1.82, 2.24) is 0 Å². The summed E-state index contributed by atoms with van der Waals surface area (Å²) in [6.45, 7) is 0.421. The van der Waals surface area contributed by atoms with Crippen LogP contribution in [0.25, 0.3) is 0 Å². The third kappa shape index (κ3) is 2.98. The number of benzene rings is 1. The summed E-state index contributed by atoms with van der Waals surface area (Å²) in [6, 6.07) is 7.54. The van der Waals surface area contributed by atoms with Crippen LogP contribution in [0.1, 0.15) is 17.9 Å². The number of fused-ring (bicyclic) bond motifs is 1. The second-order valence-electron chi connectivity index (χ2n) is 4.44. The highest BCUT2D eigenvalue weighted by molar-refractivity contribution is 7.90. The van der Waals surface area contributed by atoms with Crippen LogP contribution in [0.4, 0.5) is 0 Å². The Hall–Kier alpha value is -1.07. The third-order valence-corrected chi connectivity index (χ3v) is 3.96. The van der Waals surface area contributed by atoms with E-state index in [2.05, 4.69) is 0 Å². The summed E-state index contributed by atoms with van der Waals surface area (Å²) in [5, 5.41) is 10.0. The molecule has 0 aromatic heterocycles. The number of aliphatic hydroxyl groups excluding tert-OH is 1. The number of ether oxygens (including phenoxy) is 1. The highest BCUT2D eigenvalue weighted by Crippen LogP contribution is 2.36. The molecular formula is C12H16O4S. The molecule has 0 amide bonds. The Bertz CT molecular complexity index is 495. The molecule has 1 N–H and O–H groups in total. The van der Waals surface area contributed by atoms with Gasteiger partial charge in [-0.2, -0.15) is 0 Å². The van der Waals surface area contributed by atoms with E-state index in [1.54, 1.807) is 0 Å². The summed E-state index contributed by atoms with van der Waals surface area (Å²) < 4.78 is 27.6. The van der Waals surface area contributed by atoms with Crippen molar-refractivity contribution >= 4 is 9.84 Å². The van der Waals surface area contributed by atoms with Gasteiger partial charge in [0.1, 0.15) is 15.6 Å². The smallest absolute Gasteiger partial charge is 0.147 e. The molecule has 5 heteroatoms. The molecule has 0 bridgehead atoms. The third-order valence-electron chi connectivity index (χ3n) is 2.99. The largest absolute Gasteiger partial charge is 0.493 e. The summed E-state index contributed by atoms with van der Waals surface area (Å²) in [4.78, 5) is 0. The van der Waals surface area contributed by atoms with Crippen LogP contribution in [0.3, 0.4) is 0 Å². The van der Waals surface area contributed by atoms with Gasteiger partial charge in [-0.1, -0.05) is 18.2 Å². The summed E-state index contributed by atoms with van der Waals surface area (Å²) >= 11 is 0. The van der Waals surface area contributed by atoms with Gasteiger partial charge in [0, 0.05) is 17.7 Å². The van der Waals surface area contributed by atoms with Gasteiger partial charge in [0.05, 0.1) is 18.5 Å². The van der Waals surface area contributed by atoms with Gasteiger partial charge in [-0.15, -0.1) is 0 Å². The van der Waals surface area contributed by atoms with Gasteiger partial charge in [0.25, 0.3) is 0 Å². The molecule has 1 aromatic carbocycles. The van der Waals surface area contributed by atoms with Crippen molar-refractivity contribution in [2.24, 2.45) is 0 Å². The minimum atomic E-state index is -3.03. The van der Waals surface area contributed by atoms with Crippen molar-refractivity contribution in [3.05, 3.63) is 29.8 Å². The van der Waals surface area contributed by atoms with E-state index in [1.165, 1.54) is 6.26 Å². The maximum atomic E-state index is 11.1. The molecule has 1 heterocycles. The first-order chi connectivity index (χ1) is 7.97. The number of aliphatic hydroxyl groups is 1. The van der Waals surface area contributed by atoms with Gasteiger partial charge in [-0.25, -0.2) is 8.42 Å². The Labute approximate surface area is 101 Å². The SMILES string of the molecule is CS(=O)(=O)CCC(O)C1COc2ccccc21. The van der Waals surface area contributed by atoms with Crippen LogP contribution in [-0.2, 0) is 9.84 Å². The van der Waals surface area contributed by atoms with E-state index in [1.807, 2.05) is 24.3 Å². The number of hydrogen-bond donors (Lipinski definition) is 1. The van der Waals surface area contributed by atoms with E-state index in [0.717, 1.165) is 11.3 Å². The monoisotopic (exact) mass is 256 g/mol. The van der Waals surface area contributed by atoms with Gasteiger partial charge in [0.15, 0.2) is 0 Å². The van der Waals surface area contributed by atoms with Gasteiger partial charge >= 0.3 is 0 Å². The highest BCUT2D eigenvalue weighted by Gasteiger charge is 2.30. The Kier molecular flexibility index (Phi) is 3.40. The average molecular weight is 256 g/mol. The van der Waals surface area contributed by atoms with Crippen LogP contribution in [0.2, 0.25) is 0 Å². The Morgan fingerprint density at radius 2 is 2.18 bits per heavy atom. The summed E-state index contributed by atoms with van der Waals surface area (Å²) in [6.07, 6.45) is 0.758. The van der Waals surface area contributed by atoms with Crippen LogP contribution in [0.5, 0.6) is 5.75 Å². The van der Waals surface area contributed by atoms with Crippen LogP contribution >= 0.6 is 0 Å². The number of para-hydroxylation sites is 1. The summed E-state index contributed by atoms with van der Waals surface area (Å²) in [5.41, 5.74) is 0.966. The second-order valence-corrected chi connectivity index (χ2v) is 6.70. The molecule has 0 radical (unpaired) electrons. The number of rotatable bonds is 4. The summed E-state index contributed by atoms with van der Waals surface area (Å²) in [7, 11) is -3.03. The fourth-order valence-electron chi connectivity index (χ4n) is 2.04. The molecule has 0 saturated carbocycles. The molecule has 17 heavy (non-hydrogen) atoms. The first-order valence-corrected chi connectivity index (χ1v) is 7.61. The van der Waals surface area contributed by atoms with Crippen molar-refractivity contribution in [1.29, 1.82) is 0 Å². The predicted molar refractivity (Wildman–Crippen MR) is 65.0 cm³/mol. The van der Waals surface area contributed by atoms with Crippen LogP contribution in [-0.4, -0.2) is 38.2 Å². The van der Waals surface area contributed by atoms with E-state index in [4.69, 9.17) is 4.74 Å². The van der Waals surface area contributed by atoms with Crippen molar-refractivity contribution in [2.75, 3.05) is 18.6 Å². The lowest BCUT2D eigenvalue weighted by molar-refractivity contribution is 0.126. The van der Waals surface area contributed by atoms with E-state index >= 15 is 0 Å². The molecule has 2 atom stereocenters. The van der Waals surface area contributed by atoms with E-state index in [9.17, 15) is 13.5 Å². The molecule has 0 aliphatic carbocycles. The predicted octanol–water partition coefficient (Wildman–Crippen LogP) is 0.958. The molecule has 2 unspecified atom stereocenters. The van der Waals surface area contributed by atoms with Crippen LogP contribution in [0, 0.1) is 0 Å². The van der Waals surface area contributed by atoms with Gasteiger partial charge in [-0.05, 0) is 12.5 Å². The molecule has 1 aliphatic rings. The normalized spacial score (nSPS) is 20.7. The Morgan fingerprint density at radius 1 is 1.47 bits per heavy atom. The lowest BCUT2D eigenvalue weighted by Crippen LogP contribution is -2.23.